The first-order chi connectivity index (χ1) is 8.63. The van der Waals surface area contributed by atoms with Crippen LogP contribution in [-0.4, -0.2) is 41.7 Å². The van der Waals surface area contributed by atoms with Crippen molar-refractivity contribution in [2.75, 3.05) is 13.7 Å². The molecule has 1 rings (SSSR count). The summed E-state index contributed by atoms with van der Waals surface area (Å²) in [6.07, 6.45) is 2.87. The van der Waals surface area contributed by atoms with Gasteiger partial charge in [0.2, 0.25) is 5.91 Å². The van der Waals surface area contributed by atoms with Crippen molar-refractivity contribution in [1.29, 1.82) is 0 Å². The highest BCUT2D eigenvalue weighted by molar-refractivity contribution is 5.78. The summed E-state index contributed by atoms with van der Waals surface area (Å²) in [4.78, 5) is 26.2. The molecular weight excluding hydrogens is 236 g/mol. The molecule has 1 amide bonds. The number of carbonyl (C=O) groups excluding carboxylic acids is 2. The molecule has 18 heavy (non-hydrogen) atoms. The van der Waals surface area contributed by atoms with Gasteiger partial charge in [0, 0.05) is 18.8 Å². The molecular formula is C12H16N2O4. The van der Waals surface area contributed by atoms with Gasteiger partial charge in [0.15, 0.2) is 6.10 Å². The van der Waals surface area contributed by atoms with Crippen molar-refractivity contribution in [1.82, 2.24) is 10.3 Å². The highest BCUT2D eigenvalue weighted by Gasteiger charge is 2.15. The van der Waals surface area contributed by atoms with E-state index in [0.717, 1.165) is 5.56 Å². The third-order valence-corrected chi connectivity index (χ3v) is 2.33. The summed E-state index contributed by atoms with van der Waals surface area (Å²) in [5, 5.41) is 11.7. The summed E-state index contributed by atoms with van der Waals surface area (Å²) in [5.74, 6) is -0.996. The topological polar surface area (TPSA) is 88.5 Å². The SMILES string of the molecule is COC(=O)C(O)CNC(=O)CCc1cccnc1. The van der Waals surface area contributed by atoms with E-state index in [1.807, 2.05) is 6.07 Å². The number of methoxy groups -OCH3 is 1. The molecule has 0 saturated heterocycles. The Kier molecular flexibility index (Phi) is 5.79. The van der Waals surface area contributed by atoms with Gasteiger partial charge in [-0.3, -0.25) is 9.78 Å². The van der Waals surface area contributed by atoms with E-state index in [1.165, 1.54) is 7.11 Å². The van der Waals surface area contributed by atoms with E-state index in [4.69, 9.17) is 0 Å². The number of hydrogen-bond donors (Lipinski definition) is 2. The van der Waals surface area contributed by atoms with Gasteiger partial charge in [-0.2, -0.15) is 0 Å². The lowest BCUT2D eigenvalue weighted by Gasteiger charge is -2.09. The first-order valence-corrected chi connectivity index (χ1v) is 5.55. The first kappa shape index (κ1) is 14.1. The molecule has 0 spiro atoms. The maximum atomic E-state index is 11.4. The molecule has 0 aromatic carbocycles. The van der Waals surface area contributed by atoms with Crippen LogP contribution >= 0.6 is 0 Å². The minimum Gasteiger partial charge on any atom is -0.467 e. The molecule has 0 saturated carbocycles. The molecule has 0 bridgehead atoms. The average Bonchev–Trinajstić information content (AvgIpc) is 2.42. The molecule has 1 aromatic rings. The molecule has 6 nitrogen and oxygen atoms in total. The van der Waals surface area contributed by atoms with E-state index < -0.39 is 12.1 Å². The number of esters is 1. The zero-order chi connectivity index (χ0) is 13.4. The number of hydrogen-bond acceptors (Lipinski definition) is 5. The van der Waals surface area contributed by atoms with Crippen LogP contribution in [0.3, 0.4) is 0 Å². The van der Waals surface area contributed by atoms with Crippen LogP contribution < -0.4 is 5.32 Å². The predicted octanol–water partition coefficient (Wildman–Crippen LogP) is -0.336. The standard InChI is InChI=1S/C12H16N2O4/c1-18-12(17)10(15)8-14-11(16)5-4-9-3-2-6-13-7-9/h2-3,6-7,10,15H,4-5,8H2,1H3,(H,14,16). The molecule has 98 valence electrons. The van der Waals surface area contributed by atoms with Gasteiger partial charge >= 0.3 is 5.97 Å². The minimum absolute atomic E-state index is 0.140. The molecule has 1 atom stereocenters. The quantitative estimate of drug-likeness (QED) is 0.676. The molecule has 0 aliphatic rings. The first-order valence-electron chi connectivity index (χ1n) is 5.55. The second kappa shape index (κ2) is 7.39. The number of nitrogens with one attached hydrogen (secondary N) is 1. The van der Waals surface area contributed by atoms with Crippen molar-refractivity contribution < 1.29 is 19.4 Å². The van der Waals surface area contributed by atoms with Crippen molar-refractivity contribution in [3.05, 3.63) is 30.1 Å². The predicted molar refractivity (Wildman–Crippen MR) is 63.6 cm³/mol. The lowest BCUT2D eigenvalue weighted by Crippen LogP contribution is -2.37. The van der Waals surface area contributed by atoms with E-state index in [9.17, 15) is 14.7 Å². The number of aliphatic hydroxyl groups is 1. The van der Waals surface area contributed by atoms with Crippen LogP contribution in [0.15, 0.2) is 24.5 Å². The average molecular weight is 252 g/mol. The third kappa shape index (κ3) is 4.92. The number of rotatable bonds is 6. The van der Waals surface area contributed by atoms with Crippen LogP contribution in [0, 0.1) is 0 Å². The highest BCUT2D eigenvalue weighted by atomic mass is 16.5. The molecule has 1 aromatic heterocycles. The Bertz CT molecular complexity index is 394. The fourth-order valence-electron chi connectivity index (χ4n) is 1.32. The summed E-state index contributed by atoms with van der Waals surface area (Å²) in [5.41, 5.74) is 0.959. The van der Waals surface area contributed by atoms with Crippen LogP contribution in [-0.2, 0) is 20.7 Å². The molecule has 0 aliphatic carbocycles. The summed E-state index contributed by atoms with van der Waals surface area (Å²) < 4.78 is 4.33. The Labute approximate surface area is 105 Å². The lowest BCUT2D eigenvalue weighted by atomic mass is 10.1. The van der Waals surface area contributed by atoms with Crippen LogP contribution in [0.1, 0.15) is 12.0 Å². The Morgan fingerprint density at radius 1 is 1.56 bits per heavy atom. The van der Waals surface area contributed by atoms with E-state index >= 15 is 0 Å². The van der Waals surface area contributed by atoms with Gasteiger partial charge in [-0.05, 0) is 18.1 Å². The molecule has 0 fully saturated rings. The van der Waals surface area contributed by atoms with Crippen LogP contribution in [0.2, 0.25) is 0 Å². The zero-order valence-electron chi connectivity index (χ0n) is 10.1. The normalized spacial score (nSPS) is 11.7. The van der Waals surface area contributed by atoms with E-state index in [1.54, 1.807) is 18.5 Å². The number of aryl methyl sites for hydroxylation is 1. The molecule has 1 unspecified atom stereocenters. The fraction of sp³-hybridized carbons (Fsp3) is 0.417. The van der Waals surface area contributed by atoms with E-state index in [-0.39, 0.29) is 18.9 Å². The van der Waals surface area contributed by atoms with E-state index in [2.05, 4.69) is 15.0 Å². The molecule has 0 radical (unpaired) electrons. The number of aliphatic hydroxyl groups excluding tert-OH is 1. The summed E-state index contributed by atoms with van der Waals surface area (Å²) in [7, 11) is 1.18. The maximum Gasteiger partial charge on any atom is 0.336 e. The molecule has 1 heterocycles. The lowest BCUT2D eigenvalue weighted by molar-refractivity contribution is -0.150. The van der Waals surface area contributed by atoms with Crippen LogP contribution in [0.5, 0.6) is 0 Å². The number of carbonyl (C=O) groups is 2. The van der Waals surface area contributed by atoms with Crippen molar-refractivity contribution >= 4 is 11.9 Å². The minimum atomic E-state index is -1.32. The van der Waals surface area contributed by atoms with Crippen molar-refractivity contribution in [3.63, 3.8) is 0 Å². The number of amides is 1. The van der Waals surface area contributed by atoms with Gasteiger partial charge < -0.3 is 15.2 Å². The second-order valence-corrected chi connectivity index (χ2v) is 3.70. The Balaban J connectivity index is 2.24. The second-order valence-electron chi connectivity index (χ2n) is 3.70. The van der Waals surface area contributed by atoms with Crippen molar-refractivity contribution in [2.45, 2.75) is 18.9 Å². The van der Waals surface area contributed by atoms with Gasteiger partial charge in [0.1, 0.15) is 0 Å². The maximum absolute atomic E-state index is 11.4. The molecule has 2 N–H and O–H groups in total. The summed E-state index contributed by atoms with van der Waals surface area (Å²) in [6.45, 7) is -0.140. The van der Waals surface area contributed by atoms with Crippen LogP contribution in [0.4, 0.5) is 0 Å². The van der Waals surface area contributed by atoms with Crippen LogP contribution in [0.25, 0.3) is 0 Å². The van der Waals surface area contributed by atoms with E-state index in [0.29, 0.717) is 6.42 Å². The van der Waals surface area contributed by atoms with Gasteiger partial charge in [-0.25, -0.2) is 4.79 Å². The number of nitrogens with zero attached hydrogens (tertiary/aromatic N) is 1. The number of pyridine rings is 1. The summed E-state index contributed by atoms with van der Waals surface area (Å²) in [6, 6.07) is 3.68. The number of ether oxygens (including phenoxy) is 1. The Morgan fingerprint density at radius 2 is 2.33 bits per heavy atom. The molecule has 0 aliphatic heterocycles. The summed E-state index contributed by atoms with van der Waals surface area (Å²) >= 11 is 0. The zero-order valence-corrected chi connectivity index (χ0v) is 10.1. The van der Waals surface area contributed by atoms with Gasteiger partial charge in [-0.15, -0.1) is 0 Å². The number of aromatic nitrogens is 1. The third-order valence-electron chi connectivity index (χ3n) is 2.33. The van der Waals surface area contributed by atoms with Gasteiger partial charge in [0.05, 0.1) is 13.7 Å². The largest absolute Gasteiger partial charge is 0.467 e. The monoisotopic (exact) mass is 252 g/mol. The van der Waals surface area contributed by atoms with Crippen molar-refractivity contribution in [2.24, 2.45) is 0 Å². The Morgan fingerprint density at radius 3 is 2.94 bits per heavy atom. The smallest absolute Gasteiger partial charge is 0.336 e. The fourth-order valence-corrected chi connectivity index (χ4v) is 1.32. The van der Waals surface area contributed by atoms with Gasteiger partial charge in [0.25, 0.3) is 0 Å². The highest BCUT2D eigenvalue weighted by Crippen LogP contribution is 2.00. The molecule has 6 heteroatoms. The van der Waals surface area contributed by atoms with Gasteiger partial charge in [-0.1, -0.05) is 6.07 Å². The Hall–Kier alpha value is -1.95. The van der Waals surface area contributed by atoms with Crippen molar-refractivity contribution in [3.8, 4) is 0 Å².